The summed E-state index contributed by atoms with van der Waals surface area (Å²) < 4.78 is 10.6. The smallest absolute Gasteiger partial charge is 0.344 e. The van der Waals surface area contributed by atoms with Gasteiger partial charge in [0, 0.05) is 5.69 Å². The Morgan fingerprint density at radius 3 is 2.35 bits per heavy atom. The third-order valence-electron chi connectivity index (χ3n) is 4.16. The number of carbonyl (C=O) groups is 2. The van der Waals surface area contributed by atoms with Crippen molar-refractivity contribution in [2.75, 3.05) is 11.9 Å². The molecule has 0 spiro atoms. The lowest BCUT2D eigenvalue weighted by molar-refractivity contribution is -0.155. The van der Waals surface area contributed by atoms with Gasteiger partial charge in [0.25, 0.3) is 5.91 Å². The van der Waals surface area contributed by atoms with Crippen LogP contribution < -0.4 is 10.1 Å². The van der Waals surface area contributed by atoms with Gasteiger partial charge in [0.05, 0.1) is 0 Å². The van der Waals surface area contributed by atoms with E-state index < -0.39 is 12.1 Å². The van der Waals surface area contributed by atoms with E-state index in [-0.39, 0.29) is 12.5 Å². The summed E-state index contributed by atoms with van der Waals surface area (Å²) in [5, 5.41) is 2.79. The molecule has 26 heavy (non-hydrogen) atoms. The summed E-state index contributed by atoms with van der Waals surface area (Å²) in [5.74, 6) is -0.373. The number of aryl methyl sites for hydroxylation is 4. The first-order chi connectivity index (χ1) is 12.3. The Morgan fingerprint density at radius 2 is 1.65 bits per heavy atom. The summed E-state index contributed by atoms with van der Waals surface area (Å²) in [7, 11) is 0. The van der Waals surface area contributed by atoms with Crippen LogP contribution in [0.2, 0.25) is 0 Å². The van der Waals surface area contributed by atoms with Gasteiger partial charge in [-0.25, -0.2) is 4.79 Å². The molecule has 0 fully saturated rings. The predicted molar refractivity (Wildman–Crippen MR) is 102 cm³/mol. The number of hydrogen-bond donors (Lipinski definition) is 1. The fourth-order valence-corrected chi connectivity index (χ4v) is 2.34. The number of carbonyl (C=O) groups excluding carboxylic acids is 2. The van der Waals surface area contributed by atoms with Gasteiger partial charge in [-0.1, -0.05) is 18.2 Å². The van der Waals surface area contributed by atoms with E-state index in [1.54, 1.807) is 6.07 Å². The van der Waals surface area contributed by atoms with Crippen LogP contribution in [0.4, 0.5) is 5.69 Å². The van der Waals surface area contributed by atoms with E-state index >= 15 is 0 Å². The molecule has 138 valence electrons. The zero-order valence-electron chi connectivity index (χ0n) is 15.9. The average molecular weight is 355 g/mol. The minimum atomic E-state index is -0.911. The summed E-state index contributed by atoms with van der Waals surface area (Å²) in [6.07, 6.45) is -0.911. The normalized spacial score (nSPS) is 11.6. The van der Waals surface area contributed by atoms with Gasteiger partial charge in [0.2, 0.25) is 0 Å². The molecule has 0 aromatic heterocycles. The maximum atomic E-state index is 12.2. The van der Waals surface area contributed by atoms with Crippen molar-refractivity contribution in [1.82, 2.24) is 0 Å². The van der Waals surface area contributed by atoms with E-state index in [4.69, 9.17) is 9.47 Å². The molecule has 0 heterocycles. The lowest BCUT2D eigenvalue weighted by Crippen LogP contribution is -2.31. The number of esters is 1. The van der Waals surface area contributed by atoms with Crippen molar-refractivity contribution in [3.8, 4) is 5.75 Å². The summed E-state index contributed by atoms with van der Waals surface area (Å²) in [4.78, 5) is 24.2. The zero-order valence-corrected chi connectivity index (χ0v) is 15.9. The Hall–Kier alpha value is -2.82. The Kier molecular flexibility index (Phi) is 6.39. The monoisotopic (exact) mass is 355 g/mol. The van der Waals surface area contributed by atoms with Crippen LogP contribution >= 0.6 is 0 Å². The van der Waals surface area contributed by atoms with Crippen LogP contribution in [0.25, 0.3) is 0 Å². The molecule has 0 aliphatic heterocycles. The van der Waals surface area contributed by atoms with Gasteiger partial charge in [-0.3, -0.25) is 4.79 Å². The van der Waals surface area contributed by atoms with Crippen LogP contribution in [0, 0.1) is 27.7 Å². The summed E-state index contributed by atoms with van der Waals surface area (Å²) in [6.45, 7) is 9.12. The molecule has 1 N–H and O–H groups in total. The van der Waals surface area contributed by atoms with Gasteiger partial charge in [0.1, 0.15) is 5.75 Å². The molecular weight excluding hydrogens is 330 g/mol. The number of ether oxygens (including phenoxy) is 2. The zero-order chi connectivity index (χ0) is 19.3. The second-order valence-electron chi connectivity index (χ2n) is 6.47. The second-order valence-corrected chi connectivity index (χ2v) is 6.47. The van der Waals surface area contributed by atoms with Crippen molar-refractivity contribution in [2.45, 2.75) is 40.7 Å². The third kappa shape index (κ3) is 5.34. The van der Waals surface area contributed by atoms with Gasteiger partial charge in [-0.15, -0.1) is 0 Å². The molecule has 0 aliphatic rings. The minimum absolute atomic E-state index is 0.246. The van der Waals surface area contributed by atoms with Crippen molar-refractivity contribution in [2.24, 2.45) is 0 Å². The van der Waals surface area contributed by atoms with Crippen molar-refractivity contribution in [3.63, 3.8) is 0 Å². The molecule has 0 radical (unpaired) electrons. The van der Waals surface area contributed by atoms with Crippen molar-refractivity contribution < 1.29 is 19.1 Å². The molecule has 0 saturated heterocycles. The highest BCUT2D eigenvalue weighted by atomic mass is 16.6. The highest BCUT2D eigenvalue weighted by molar-refractivity contribution is 5.95. The Bertz CT molecular complexity index is 814. The van der Waals surface area contributed by atoms with Crippen LogP contribution in [-0.4, -0.2) is 24.6 Å². The summed E-state index contributed by atoms with van der Waals surface area (Å²) >= 11 is 0. The second kappa shape index (κ2) is 8.52. The average Bonchev–Trinajstić information content (AvgIpc) is 2.59. The van der Waals surface area contributed by atoms with Crippen molar-refractivity contribution in [3.05, 3.63) is 58.7 Å². The molecule has 1 unspecified atom stereocenters. The lowest BCUT2D eigenvalue weighted by Gasteiger charge is -2.15. The third-order valence-corrected chi connectivity index (χ3v) is 4.16. The van der Waals surface area contributed by atoms with E-state index in [2.05, 4.69) is 5.32 Å². The first-order valence-corrected chi connectivity index (χ1v) is 8.54. The summed E-state index contributed by atoms with van der Waals surface area (Å²) in [6, 6.07) is 11.4. The van der Waals surface area contributed by atoms with Gasteiger partial charge >= 0.3 is 5.97 Å². The number of amides is 1. The molecule has 0 saturated carbocycles. The van der Waals surface area contributed by atoms with E-state index in [1.165, 1.54) is 6.92 Å². The van der Waals surface area contributed by atoms with Crippen LogP contribution in [0.3, 0.4) is 0 Å². The number of nitrogens with one attached hydrogen (secondary N) is 1. The van der Waals surface area contributed by atoms with Gasteiger partial charge in [-0.2, -0.15) is 0 Å². The molecule has 1 amide bonds. The number of hydrogen-bond acceptors (Lipinski definition) is 4. The van der Waals surface area contributed by atoms with Crippen LogP contribution in [-0.2, 0) is 14.3 Å². The molecule has 1 atom stereocenters. The number of benzene rings is 2. The fraction of sp³-hybridized carbons (Fsp3) is 0.333. The van der Waals surface area contributed by atoms with Crippen molar-refractivity contribution in [1.29, 1.82) is 0 Å². The van der Waals surface area contributed by atoms with Gasteiger partial charge < -0.3 is 14.8 Å². The highest BCUT2D eigenvalue weighted by Gasteiger charge is 2.19. The quantitative estimate of drug-likeness (QED) is 0.799. The topological polar surface area (TPSA) is 64.6 Å². The summed E-state index contributed by atoms with van der Waals surface area (Å²) in [5.41, 5.74) is 4.93. The SMILES string of the molecule is Cc1ccc(C)c(NC(=O)C(C)OC(=O)COc2ccc(C)c(C)c2)c1. The van der Waals surface area contributed by atoms with E-state index in [9.17, 15) is 9.59 Å². The first-order valence-electron chi connectivity index (χ1n) is 8.54. The Labute approximate surface area is 154 Å². The molecule has 2 rings (SSSR count). The fourth-order valence-electron chi connectivity index (χ4n) is 2.34. The van der Waals surface area contributed by atoms with Gasteiger partial charge in [-0.05, 0) is 75.1 Å². The first kappa shape index (κ1) is 19.5. The van der Waals surface area contributed by atoms with Crippen molar-refractivity contribution >= 4 is 17.6 Å². The molecule has 2 aromatic carbocycles. The molecule has 5 nitrogen and oxygen atoms in total. The van der Waals surface area contributed by atoms with Crippen LogP contribution in [0.15, 0.2) is 36.4 Å². The predicted octanol–water partition coefficient (Wildman–Crippen LogP) is 3.87. The molecule has 2 aromatic rings. The lowest BCUT2D eigenvalue weighted by atomic mass is 10.1. The van der Waals surface area contributed by atoms with Gasteiger partial charge in [0.15, 0.2) is 12.7 Å². The number of anilines is 1. The van der Waals surface area contributed by atoms with E-state index in [0.717, 1.165) is 22.3 Å². The number of rotatable bonds is 6. The maximum Gasteiger partial charge on any atom is 0.344 e. The maximum absolute atomic E-state index is 12.2. The van der Waals surface area contributed by atoms with Crippen LogP contribution in [0.1, 0.15) is 29.2 Å². The molecule has 0 bridgehead atoms. The van der Waals surface area contributed by atoms with E-state index in [0.29, 0.717) is 11.4 Å². The van der Waals surface area contributed by atoms with Crippen LogP contribution in [0.5, 0.6) is 5.75 Å². The molecular formula is C21H25NO4. The standard InChI is InChI=1S/C21H25NO4/c1-13-6-7-15(3)19(10-13)22-21(24)17(5)26-20(23)12-25-18-9-8-14(2)16(4)11-18/h6-11,17H,12H2,1-5H3,(H,22,24). The largest absolute Gasteiger partial charge is 0.482 e. The molecule has 0 aliphatic carbocycles. The van der Waals surface area contributed by atoms with E-state index in [1.807, 2.05) is 58.0 Å². The Balaban J connectivity index is 1.86. The highest BCUT2D eigenvalue weighted by Crippen LogP contribution is 2.18. The minimum Gasteiger partial charge on any atom is -0.482 e. The Morgan fingerprint density at radius 1 is 0.962 bits per heavy atom. The molecule has 5 heteroatoms.